The number of hydrogen-bond acceptors (Lipinski definition) is 2. The van der Waals surface area contributed by atoms with E-state index in [9.17, 15) is 9.18 Å². The van der Waals surface area contributed by atoms with Crippen molar-refractivity contribution in [3.8, 4) is 0 Å². The van der Waals surface area contributed by atoms with Crippen LogP contribution in [0.5, 0.6) is 0 Å². The van der Waals surface area contributed by atoms with Crippen LogP contribution in [0.4, 0.5) is 4.39 Å². The van der Waals surface area contributed by atoms with Gasteiger partial charge in [0.05, 0.1) is 5.41 Å². The number of hydrogen-bond donors (Lipinski definition) is 0. The Hall–Kier alpha value is -0.600. The van der Waals surface area contributed by atoms with E-state index in [-0.39, 0.29) is 11.6 Å². The quantitative estimate of drug-likeness (QED) is 0.665. The summed E-state index contributed by atoms with van der Waals surface area (Å²) in [5, 5.41) is 0. The third kappa shape index (κ3) is 3.46. The highest BCUT2D eigenvalue weighted by atomic mass is 19.1. The molecular formula is C15H27FO2. The average Bonchev–Trinajstić information content (AvgIpc) is 2.77. The van der Waals surface area contributed by atoms with Gasteiger partial charge in [-0.2, -0.15) is 0 Å². The van der Waals surface area contributed by atoms with E-state index in [0.29, 0.717) is 12.3 Å². The maximum Gasteiger partial charge on any atom is 0.315 e. The minimum absolute atomic E-state index is 0.291. The minimum atomic E-state index is -0.973. The van der Waals surface area contributed by atoms with Gasteiger partial charge in [0.2, 0.25) is 0 Å². The summed E-state index contributed by atoms with van der Waals surface area (Å²) in [6, 6.07) is 0. The van der Waals surface area contributed by atoms with E-state index in [1.165, 1.54) is 0 Å². The monoisotopic (exact) mass is 258 g/mol. The molecule has 1 atom stereocenters. The van der Waals surface area contributed by atoms with Gasteiger partial charge in [0.1, 0.15) is 12.3 Å². The van der Waals surface area contributed by atoms with Crippen molar-refractivity contribution in [3.63, 3.8) is 0 Å². The maximum atomic E-state index is 13.3. The van der Waals surface area contributed by atoms with Crippen LogP contribution in [-0.2, 0) is 9.53 Å². The molecule has 1 saturated carbocycles. The number of halogens is 1. The Balaban J connectivity index is 2.72. The van der Waals surface area contributed by atoms with Crippen LogP contribution in [0.1, 0.15) is 66.2 Å². The molecule has 0 aromatic rings. The first-order valence-corrected chi connectivity index (χ1v) is 7.17. The van der Waals surface area contributed by atoms with Gasteiger partial charge in [-0.05, 0) is 51.4 Å². The van der Waals surface area contributed by atoms with Gasteiger partial charge in [-0.25, -0.2) is 4.39 Å². The van der Waals surface area contributed by atoms with E-state index in [4.69, 9.17) is 4.74 Å². The predicted octanol–water partition coefficient (Wildman–Crippen LogP) is 4.27. The Morgan fingerprint density at radius 3 is 2.33 bits per heavy atom. The highest BCUT2D eigenvalue weighted by molar-refractivity contribution is 5.77. The molecule has 0 saturated heterocycles. The van der Waals surface area contributed by atoms with Crippen molar-refractivity contribution < 1.29 is 13.9 Å². The molecule has 0 aromatic heterocycles. The molecule has 0 spiro atoms. The van der Waals surface area contributed by atoms with Crippen LogP contribution in [-0.4, -0.2) is 18.2 Å². The molecule has 3 heteroatoms. The lowest BCUT2D eigenvalue weighted by molar-refractivity contribution is -0.173. The first kappa shape index (κ1) is 15.5. The fraction of sp³-hybridized carbons (Fsp3) is 0.933. The molecule has 1 unspecified atom stereocenters. The molecule has 2 nitrogen and oxygen atoms in total. The smallest absolute Gasteiger partial charge is 0.315 e. The number of ether oxygens (including phenoxy) is 1. The molecule has 1 fully saturated rings. The number of rotatable bonds is 6. The SMILES string of the molecule is CCC1(OC(=O)C(C)(CF)CC(C)C)CCCC1. The van der Waals surface area contributed by atoms with Crippen LogP contribution in [0, 0.1) is 11.3 Å². The summed E-state index contributed by atoms with van der Waals surface area (Å²) in [7, 11) is 0. The van der Waals surface area contributed by atoms with E-state index < -0.39 is 12.1 Å². The molecule has 0 aliphatic heterocycles. The van der Waals surface area contributed by atoms with E-state index in [1.54, 1.807) is 6.92 Å². The summed E-state index contributed by atoms with van der Waals surface area (Å²) in [6.45, 7) is 7.12. The first-order valence-electron chi connectivity index (χ1n) is 7.17. The second-order valence-electron chi connectivity index (χ2n) is 6.43. The Bertz CT molecular complexity index is 282. The lowest BCUT2D eigenvalue weighted by atomic mass is 9.83. The van der Waals surface area contributed by atoms with Gasteiger partial charge in [0.15, 0.2) is 0 Å². The molecule has 1 aliphatic carbocycles. The molecule has 0 aromatic carbocycles. The van der Waals surface area contributed by atoms with Gasteiger partial charge < -0.3 is 4.74 Å². The fourth-order valence-corrected chi connectivity index (χ4v) is 2.96. The van der Waals surface area contributed by atoms with Gasteiger partial charge in [-0.15, -0.1) is 0 Å². The summed E-state index contributed by atoms with van der Waals surface area (Å²) in [5.74, 6) is -0.0538. The third-order valence-corrected chi connectivity index (χ3v) is 4.11. The van der Waals surface area contributed by atoms with E-state index in [2.05, 4.69) is 0 Å². The fourth-order valence-electron chi connectivity index (χ4n) is 2.96. The summed E-state index contributed by atoms with van der Waals surface area (Å²) in [6.07, 6.45) is 5.46. The topological polar surface area (TPSA) is 26.3 Å². The summed E-state index contributed by atoms with van der Waals surface area (Å²) >= 11 is 0. The normalized spacial score (nSPS) is 21.9. The minimum Gasteiger partial charge on any atom is -0.459 e. The molecule has 18 heavy (non-hydrogen) atoms. The maximum absolute atomic E-state index is 13.3. The summed E-state index contributed by atoms with van der Waals surface area (Å²) in [5.41, 5.74) is -1.29. The molecule has 0 radical (unpaired) electrons. The van der Waals surface area contributed by atoms with Crippen LogP contribution in [0.3, 0.4) is 0 Å². The molecule has 1 rings (SSSR count). The van der Waals surface area contributed by atoms with Crippen molar-refractivity contribution in [2.75, 3.05) is 6.67 Å². The zero-order valence-corrected chi connectivity index (χ0v) is 12.2. The molecule has 0 N–H and O–H groups in total. The van der Waals surface area contributed by atoms with Gasteiger partial charge in [0, 0.05) is 0 Å². The van der Waals surface area contributed by atoms with E-state index in [1.807, 2.05) is 20.8 Å². The number of alkyl halides is 1. The van der Waals surface area contributed by atoms with Crippen LogP contribution in [0.2, 0.25) is 0 Å². The third-order valence-electron chi connectivity index (χ3n) is 4.11. The van der Waals surface area contributed by atoms with Crippen molar-refractivity contribution in [1.82, 2.24) is 0 Å². The Morgan fingerprint density at radius 1 is 1.39 bits per heavy atom. The zero-order valence-electron chi connectivity index (χ0n) is 12.2. The lowest BCUT2D eigenvalue weighted by Crippen LogP contribution is -2.40. The molecule has 0 bridgehead atoms. The molecule has 0 heterocycles. The van der Waals surface area contributed by atoms with E-state index in [0.717, 1.165) is 32.1 Å². The lowest BCUT2D eigenvalue weighted by Gasteiger charge is -2.34. The Morgan fingerprint density at radius 2 is 1.94 bits per heavy atom. The summed E-state index contributed by atoms with van der Waals surface area (Å²) < 4.78 is 19.0. The van der Waals surface area contributed by atoms with Crippen molar-refractivity contribution in [1.29, 1.82) is 0 Å². The van der Waals surface area contributed by atoms with Crippen molar-refractivity contribution >= 4 is 5.97 Å². The molecule has 106 valence electrons. The van der Waals surface area contributed by atoms with Crippen LogP contribution < -0.4 is 0 Å². The Labute approximate surface area is 110 Å². The Kier molecular flexibility index (Phi) is 5.18. The average molecular weight is 258 g/mol. The van der Waals surface area contributed by atoms with Crippen LogP contribution in [0.25, 0.3) is 0 Å². The second kappa shape index (κ2) is 6.03. The molecule has 0 amide bonds. The zero-order chi connectivity index (χ0) is 13.8. The van der Waals surface area contributed by atoms with Crippen molar-refractivity contribution in [2.45, 2.75) is 71.8 Å². The van der Waals surface area contributed by atoms with Crippen molar-refractivity contribution in [3.05, 3.63) is 0 Å². The first-order chi connectivity index (χ1) is 8.37. The highest BCUT2D eigenvalue weighted by Crippen LogP contribution is 2.39. The largest absolute Gasteiger partial charge is 0.459 e. The van der Waals surface area contributed by atoms with Gasteiger partial charge in [-0.1, -0.05) is 20.8 Å². The summed E-state index contributed by atoms with van der Waals surface area (Å²) in [4.78, 5) is 12.3. The second-order valence-corrected chi connectivity index (χ2v) is 6.43. The van der Waals surface area contributed by atoms with Gasteiger partial charge >= 0.3 is 5.97 Å². The van der Waals surface area contributed by atoms with Crippen LogP contribution >= 0.6 is 0 Å². The molecule has 1 aliphatic rings. The predicted molar refractivity (Wildman–Crippen MR) is 71.1 cm³/mol. The number of carbonyl (C=O) groups is 1. The standard InChI is InChI=1S/C15H27FO2/c1-5-15(8-6-7-9-15)18-13(17)14(4,11-16)10-12(2)3/h12H,5-11H2,1-4H3. The van der Waals surface area contributed by atoms with Gasteiger partial charge in [-0.3, -0.25) is 4.79 Å². The van der Waals surface area contributed by atoms with Gasteiger partial charge in [0.25, 0.3) is 0 Å². The van der Waals surface area contributed by atoms with Crippen molar-refractivity contribution in [2.24, 2.45) is 11.3 Å². The molecular weight excluding hydrogens is 231 g/mol. The number of carbonyl (C=O) groups excluding carboxylic acids is 1. The van der Waals surface area contributed by atoms with E-state index >= 15 is 0 Å². The number of esters is 1. The van der Waals surface area contributed by atoms with Crippen LogP contribution in [0.15, 0.2) is 0 Å². The highest BCUT2D eigenvalue weighted by Gasteiger charge is 2.42.